The molecule has 0 radical (unpaired) electrons. The molecule has 1 spiro atoms. The van der Waals surface area contributed by atoms with Crippen LogP contribution in [0.3, 0.4) is 0 Å². The van der Waals surface area contributed by atoms with Crippen LogP contribution in [0.25, 0.3) is 0 Å². The van der Waals surface area contributed by atoms with Gasteiger partial charge in [0.1, 0.15) is 0 Å². The Morgan fingerprint density at radius 3 is 2.62 bits per heavy atom. The maximum absolute atomic E-state index is 12.5. The fourth-order valence-corrected chi connectivity index (χ4v) is 4.06. The Kier molecular flexibility index (Phi) is 4.53. The first-order valence-electron chi connectivity index (χ1n) is 9.46. The second-order valence-corrected chi connectivity index (χ2v) is 7.90. The van der Waals surface area contributed by atoms with Crippen LogP contribution in [0.4, 0.5) is 0 Å². The summed E-state index contributed by atoms with van der Waals surface area (Å²) in [5.41, 5.74) is 1.06. The number of amides is 1. The zero-order valence-electron chi connectivity index (χ0n) is 15.4. The first kappa shape index (κ1) is 17.2. The standard InChI is InChI=1S/C20H26N4O2/c1-14(2)19-23-22-17(26-19)13-24-10-8-20(9-11-24)12-16(18(25)21-20)15-6-4-3-5-7-15/h3-7,14,16H,8-13H2,1-2H3,(H,21,25)/t16-/m1/s1. The molecule has 0 aliphatic carbocycles. The maximum atomic E-state index is 12.5. The van der Waals surface area contributed by atoms with Crippen molar-refractivity contribution in [3.05, 3.63) is 47.7 Å². The summed E-state index contributed by atoms with van der Waals surface area (Å²) >= 11 is 0. The van der Waals surface area contributed by atoms with Gasteiger partial charge in [-0.1, -0.05) is 44.2 Å². The van der Waals surface area contributed by atoms with Gasteiger partial charge in [-0.05, 0) is 24.8 Å². The summed E-state index contributed by atoms with van der Waals surface area (Å²) in [5, 5.41) is 11.6. The Morgan fingerprint density at radius 1 is 1.23 bits per heavy atom. The molecule has 2 fully saturated rings. The predicted octanol–water partition coefficient (Wildman–Crippen LogP) is 2.83. The minimum Gasteiger partial charge on any atom is -0.424 e. The van der Waals surface area contributed by atoms with Crippen molar-refractivity contribution in [3.63, 3.8) is 0 Å². The zero-order chi connectivity index (χ0) is 18.1. The highest BCUT2D eigenvalue weighted by atomic mass is 16.4. The van der Waals surface area contributed by atoms with Crippen LogP contribution in [-0.2, 0) is 11.3 Å². The number of nitrogens with zero attached hydrogens (tertiary/aromatic N) is 3. The average molecular weight is 354 g/mol. The van der Waals surface area contributed by atoms with Crippen LogP contribution >= 0.6 is 0 Å². The average Bonchev–Trinajstić information content (AvgIpc) is 3.23. The van der Waals surface area contributed by atoms with Gasteiger partial charge in [-0.15, -0.1) is 10.2 Å². The summed E-state index contributed by atoms with van der Waals surface area (Å²) in [4.78, 5) is 14.9. The van der Waals surface area contributed by atoms with Crippen LogP contribution in [-0.4, -0.2) is 39.6 Å². The number of piperidine rings is 1. The Morgan fingerprint density at radius 2 is 1.96 bits per heavy atom. The lowest BCUT2D eigenvalue weighted by Gasteiger charge is -2.38. The van der Waals surface area contributed by atoms with Gasteiger partial charge in [0.15, 0.2) is 0 Å². The molecule has 1 N–H and O–H groups in total. The topological polar surface area (TPSA) is 71.3 Å². The molecule has 0 bridgehead atoms. The van der Waals surface area contributed by atoms with Gasteiger partial charge in [-0.2, -0.15) is 0 Å². The number of hydrogen-bond acceptors (Lipinski definition) is 5. The van der Waals surface area contributed by atoms with E-state index < -0.39 is 0 Å². The van der Waals surface area contributed by atoms with Gasteiger partial charge < -0.3 is 9.73 Å². The molecule has 2 aliphatic heterocycles. The Labute approximate surface area is 154 Å². The van der Waals surface area contributed by atoms with Crippen molar-refractivity contribution in [3.8, 4) is 0 Å². The molecule has 1 aromatic carbocycles. The van der Waals surface area contributed by atoms with E-state index in [1.54, 1.807) is 0 Å². The first-order chi connectivity index (χ1) is 12.5. The molecule has 1 aromatic heterocycles. The molecule has 2 aromatic rings. The van der Waals surface area contributed by atoms with Crippen LogP contribution in [0.15, 0.2) is 34.7 Å². The highest BCUT2D eigenvalue weighted by Crippen LogP contribution is 2.39. The van der Waals surface area contributed by atoms with Crippen LogP contribution in [0.2, 0.25) is 0 Å². The van der Waals surface area contributed by atoms with Gasteiger partial charge in [0, 0.05) is 24.5 Å². The normalized spacial score (nSPS) is 22.9. The van der Waals surface area contributed by atoms with E-state index in [0.717, 1.165) is 37.9 Å². The SMILES string of the molecule is CC(C)c1nnc(CN2CCC3(CC2)C[C@H](c2ccccc2)C(=O)N3)o1. The van der Waals surface area contributed by atoms with Crippen molar-refractivity contribution in [1.82, 2.24) is 20.4 Å². The van der Waals surface area contributed by atoms with Gasteiger partial charge >= 0.3 is 0 Å². The highest BCUT2D eigenvalue weighted by Gasteiger charge is 2.46. The molecule has 0 saturated carbocycles. The third-order valence-corrected chi connectivity index (χ3v) is 5.65. The lowest BCUT2D eigenvalue weighted by Crippen LogP contribution is -2.50. The van der Waals surface area contributed by atoms with Gasteiger partial charge in [0.25, 0.3) is 0 Å². The van der Waals surface area contributed by atoms with E-state index in [1.165, 1.54) is 0 Å². The number of hydrogen-bond donors (Lipinski definition) is 1. The quantitative estimate of drug-likeness (QED) is 0.914. The Hall–Kier alpha value is -2.21. The molecule has 138 valence electrons. The summed E-state index contributed by atoms with van der Waals surface area (Å²) in [6.07, 6.45) is 2.82. The molecule has 26 heavy (non-hydrogen) atoms. The number of nitrogens with one attached hydrogen (secondary N) is 1. The summed E-state index contributed by atoms with van der Waals surface area (Å²) in [7, 11) is 0. The molecule has 0 unspecified atom stereocenters. The van der Waals surface area contributed by atoms with Crippen molar-refractivity contribution in [2.24, 2.45) is 0 Å². The molecule has 6 heteroatoms. The van der Waals surface area contributed by atoms with E-state index in [-0.39, 0.29) is 23.3 Å². The van der Waals surface area contributed by atoms with Crippen LogP contribution in [0.5, 0.6) is 0 Å². The molecule has 2 saturated heterocycles. The number of carbonyl (C=O) groups is 1. The second kappa shape index (κ2) is 6.83. The summed E-state index contributed by atoms with van der Waals surface area (Å²) in [6.45, 7) is 6.65. The second-order valence-electron chi connectivity index (χ2n) is 7.90. The number of benzene rings is 1. The number of aromatic nitrogens is 2. The van der Waals surface area contributed by atoms with Crippen LogP contribution in [0.1, 0.15) is 62.3 Å². The van der Waals surface area contributed by atoms with E-state index in [0.29, 0.717) is 18.3 Å². The Balaban J connectivity index is 1.36. The first-order valence-corrected chi connectivity index (χ1v) is 9.46. The highest BCUT2D eigenvalue weighted by molar-refractivity contribution is 5.87. The van der Waals surface area contributed by atoms with Gasteiger partial charge in [0.05, 0.1) is 12.5 Å². The Bertz CT molecular complexity index is 763. The summed E-state index contributed by atoms with van der Waals surface area (Å²) in [6, 6.07) is 10.1. The lowest BCUT2D eigenvalue weighted by atomic mass is 9.82. The largest absolute Gasteiger partial charge is 0.424 e. The molecule has 3 heterocycles. The fourth-order valence-electron chi connectivity index (χ4n) is 4.06. The van der Waals surface area contributed by atoms with E-state index in [4.69, 9.17) is 4.42 Å². The van der Waals surface area contributed by atoms with E-state index >= 15 is 0 Å². The molecular formula is C20H26N4O2. The van der Waals surface area contributed by atoms with E-state index in [9.17, 15) is 4.79 Å². The minimum atomic E-state index is -0.0635. The van der Waals surface area contributed by atoms with Gasteiger partial charge in [-0.3, -0.25) is 9.69 Å². The van der Waals surface area contributed by atoms with E-state index in [1.807, 2.05) is 32.0 Å². The van der Waals surface area contributed by atoms with Crippen LogP contribution < -0.4 is 5.32 Å². The van der Waals surface area contributed by atoms with Crippen LogP contribution in [0, 0.1) is 0 Å². The molecule has 6 nitrogen and oxygen atoms in total. The molecule has 1 atom stereocenters. The van der Waals surface area contributed by atoms with Crippen molar-refractivity contribution in [2.45, 2.75) is 57.0 Å². The fraction of sp³-hybridized carbons (Fsp3) is 0.550. The zero-order valence-corrected chi connectivity index (χ0v) is 15.4. The smallest absolute Gasteiger partial charge is 0.230 e. The minimum absolute atomic E-state index is 0.0210. The van der Waals surface area contributed by atoms with Crippen molar-refractivity contribution in [2.75, 3.05) is 13.1 Å². The van der Waals surface area contributed by atoms with Gasteiger partial charge in [-0.25, -0.2) is 0 Å². The van der Waals surface area contributed by atoms with Crippen molar-refractivity contribution < 1.29 is 9.21 Å². The van der Waals surface area contributed by atoms with Crippen molar-refractivity contribution >= 4 is 5.91 Å². The maximum Gasteiger partial charge on any atom is 0.230 e. The number of rotatable bonds is 4. The third-order valence-electron chi connectivity index (χ3n) is 5.65. The monoisotopic (exact) mass is 354 g/mol. The summed E-state index contributed by atoms with van der Waals surface area (Å²) < 4.78 is 5.72. The summed E-state index contributed by atoms with van der Waals surface area (Å²) in [5.74, 6) is 1.78. The molecule has 2 aliphatic rings. The van der Waals surface area contributed by atoms with E-state index in [2.05, 4.69) is 32.5 Å². The number of likely N-dealkylation sites (tertiary alicyclic amines) is 1. The molecule has 4 rings (SSSR count). The molecular weight excluding hydrogens is 328 g/mol. The number of carbonyl (C=O) groups excluding carboxylic acids is 1. The van der Waals surface area contributed by atoms with Gasteiger partial charge in [0.2, 0.25) is 17.7 Å². The predicted molar refractivity (Wildman–Crippen MR) is 97.6 cm³/mol. The lowest BCUT2D eigenvalue weighted by molar-refractivity contribution is -0.121. The molecule has 1 amide bonds. The van der Waals surface area contributed by atoms with Crippen molar-refractivity contribution in [1.29, 1.82) is 0 Å². The third kappa shape index (κ3) is 3.38.